The van der Waals surface area contributed by atoms with Gasteiger partial charge in [-0.3, -0.25) is 9.69 Å². The van der Waals surface area contributed by atoms with E-state index in [4.69, 9.17) is 0 Å². The number of aryl methyl sites for hydroxylation is 2. The fourth-order valence-electron chi connectivity index (χ4n) is 3.66. The van der Waals surface area contributed by atoms with Gasteiger partial charge in [0, 0.05) is 42.3 Å². The van der Waals surface area contributed by atoms with Crippen LogP contribution in [0.4, 0.5) is 0 Å². The number of aromatic amines is 1. The molecule has 2 N–H and O–H groups in total. The minimum Gasteiger partial charge on any atom is -0.357 e. The van der Waals surface area contributed by atoms with Crippen molar-refractivity contribution in [3.8, 4) is 0 Å². The maximum atomic E-state index is 11.7. The average molecular weight is 339 g/mol. The second-order valence-electron chi connectivity index (χ2n) is 7.63. The van der Waals surface area contributed by atoms with Gasteiger partial charge in [-0.05, 0) is 64.3 Å². The first-order valence-corrected chi connectivity index (χ1v) is 9.15. The summed E-state index contributed by atoms with van der Waals surface area (Å²) in [6, 6.07) is 6.59. The van der Waals surface area contributed by atoms with Crippen molar-refractivity contribution < 1.29 is 4.79 Å². The zero-order valence-electron chi connectivity index (χ0n) is 15.8. The normalized spacial score (nSPS) is 17.8. The summed E-state index contributed by atoms with van der Waals surface area (Å²) in [5.74, 6) is 0.571. The Bertz CT molecular complexity index is 799. The molecule has 4 nitrogen and oxygen atoms in total. The number of carbonyl (C=O) groups is 1. The maximum absolute atomic E-state index is 11.7. The number of nitrogens with one attached hydrogen (secondary N) is 2. The van der Waals surface area contributed by atoms with Crippen molar-refractivity contribution in [3.05, 3.63) is 46.7 Å². The lowest BCUT2D eigenvalue weighted by Crippen LogP contribution is -2.30. The summed E-state index contributed by atoms with van der Waals surface area (Å²) in [7, 11) is 0. The van der Waals surface area contributed by atoms with Crippen molar-refractivity contribution in [2.45, 2.75) is 40.7 Å². The van der Waals surface area contributed by atoms with Gasteiger partial charge in [0.05, 0.1) is 0 Å². The second-order valence-corrected chi connectivity index (χ2v) is 7.63. The van der Waals surface area contributed by atoms with Crippen LogP contribution in [0.5, 0.6) is 0 Å². The molecule has 1 amide bonds. The van der Waals surface area contributed by atoms with Crippen LogP contribution in [0.15, 0.2) is 29.8 Å². The number of hydrogen-bond donors (Lipinski definition) is 2. The average Bonchev–Trinajstić information content (AvgIpc) is 3.11. The van der Waals surface area contributed by atoms with Crippen LogP contribution < -0.4 is 5.32 Å². The first kappa shape index (κ1) is 17.7. The van der Waals surface area contributed by atoms with E-state index >= 15 is 0 Å². The van der Waals surface area contributed by atoms with Crippen molar-refractivity contribution in [2.75, 3.05) is 19.6 Å². The van der Waals surface area contributed by atoms with E-state index < -0.39 is 0 Å². The Morgan fingerprint density at radius 1 is 1.36 bits per heavy atom. The summed E-state index contributed by atoms with van der Waals surface area (Å²) in [6.45, 7) is 12.1. The molecule has 0 unspecified atom stereocenters. The molecule has 1 fully saturated rings. The fourth-order valence-corrected chi connectivity index (χ4v) is 3.66. The Kier molecular flexibility index (Phi) is 5.28. The molecule has 1 aliphatic rings. The zero-order valence-corrected chi connectivity index (χ0v) is 15.8. The third kappa shape index (κ3) is 4.31. The Labute approximate surface area is 150 Å². The second kappa shape index (κ2) is 7.44. The molecule has 1 atom stereocenters. The molecule has 134 valence electrons. The number of fused-ring (bicyclic) bond motifs is 1. The summed E-state index contributed by atoms with van der Waals surface area (Å²) in [5.41, 5.74) is 6.24. The molecule has 1 saturated heterocycles. The third-order valence-corrected chi connectivity index (χ3v) is 5.05. The first-order chi connectivity index (χ1) is 11.9. The van der Waals surface area contributed by atoms with Crippen LogP contribution in [0, 0.1) is 19.8 Å². The molecule has 0 bridgehead atoms. The van der Waals surface area contributed by atoms with Crippen molar-refractivity contribution in [2.24, 2.45) is 5.92 Å². The molecule has 0 aliphatic carbocycles. The van der Waals surface area contributed by atoms with Crippen molar-refractivity contribution >= 4 is 16.8 Å². The highest BCUT2D eigenvalue weighted by Gasteiger charge is 2.23. The first-order valence-electron chi connectivity index (χ1n) is 9.15. The summed E-state index contributed by atoms with van der Waals surface area (Å²) in [4.78, 5) is 17.8. The van der Waals surface area contributed by atoms with Gasteiger partial charge in [-0.25, -0.2) is 0 Å². The topological polar surface area (TPSA) is 48.1 Å². The Balaban J connectivity index is 1.57. The fraction of sp³-hybridized carbons (Fsp3) is 0.476. The van der Waals surface area contributed by atoms with E-state index in [0.717, 1.165) is 38.2 Å². The summed E-state index contributed by atoms with van der Waals surface area (Å²) in [5, 5.41) is 4.36. The molecule has 0 radical (unpaired) electrons. The molecule has 25 heavy (non-hydrogen) atoms. The van der Waals surface area contributed by atoms with Gasteiger partial charge in [0.1, 0.15) is 0 Å². The number of aromatic nitrogens is 1. The number of nitrogens with zero attached hydrogens (tertiary/aromatic N) is 1. The van der Waals surface area contributed by atoms with E-state index in [2.05, 4.69) is 47.2 Å². The van der Waals surface area contributed by atoms with Crippen molar-refractivity contribution in [1.82, 2.24) is 15.2 Å². The molecular formula is C21H29N3O. The largest absolute Gasteiger partial charge is 0.357 e. The molecule has 0 spiro atoms. The van der Waals surface area contributed by atoms with E-state index in [-0.39, 0.29) is 5.91 Å². The number of rotatable bonds is 5. The molecule has 1 aromatic heterocycles. The summed E-state index contributed by atoms with van der Waals surface area (Å²) >= 11 is 0. The molecule has 2 aromatic rings. The Morgan fingerprint density at radius 3 is 2.92 bits per heavy atom. The summed E-state index contributed by atoms with van der Waals surface area (Å²) < 4.78 is 0. The molecule has 4 heteroatoms. The number of likely N-dealkylation sites (tertiary alicyclic amines) is 1. The van der Waals surface area contributed by atoms with E-state index in [9.17, 15) is 4.79 Å². The standard InChI is InChI=1S/C21H29N3O/c1-14(2)9-21(25)22-11-17-7-8-24(12-17)13-20-16(4)18-10-15(3)5-6-19(18)23-20/h5-6,9-10,17,23H,7-8,11-13H2,1-4H3,(H,22,25)/t17-/m0/s1. The molecule has 1 aromatic carbocycles. The lowest BCUT2D eigenvalue weighted by molar-refractivity contribution is -0.116. The summed E-state index contributed by atoms with van der Waals surface area (Å²) in [6.07, 6.45) is 2.82. The predicted molar refractivity (Wildman–Crippen MR) is 104 cm³/mol. The van der Waals surface area contributed by atoms with Crippen LogP contribution in [0.1, 0.15) is 37.1 Å². The van der Waals surface area contributed by atoms with E-state index in [1.807, 2.05) is 13.8 Å². The number of amides is 1. The zero-order chi connectivity index (χ0) is 18.0. The van der Waals surface area contributed by atoms with Gasteiger partial charge in [0.15, 0.2) is 0 Å². The highest BCUT2D eigenvalue weighted by molar-refractivity contribution is 5.88. The van der Waals surface area contributed by atoms with Gasteiger partial charge in [0.25, 0.3) is 0 Å². The van der Waals surface area contributed by atoms with Crippen LogP contribution in [-0.2, 0) is 11.3 Å². The van der Waals surface area contributed by atoms with Crippen LogP contribution in [0.25, 0.3) is 10.9 Å². The number of allylic oxidation sites excluding steroid dienone is 1. The monoisotopic (exact) mass is 339 g/mol. The number of carbonyl (C=O) groups excluding carboxylic acids is 1. The van der Waals surface area contributed by atoms with E-state index in [1.54, 1.807) is 6.08 Å². The highest BCUT2D eigenvalue weighted by Crippen LogP contribution is 2.25. The van der Waals surface area contributed by atoms with Crippen LogP contribution in [0.3, 0.4) is 0 Å². The molecular weight excluding hydrogens is 310 g/mol. The highest BCUT2D eigenvalue weighted by atomic mass is 16.1. The third-order valence-electron chi connectivity index (χ3n) is 5.05. The predicted octanol–water partition coefficient (Wildman–Crippen LogP) is 3.69. The minimum absolute atomic E-state index is 0.0280. The SMILES string of the molecule is CC(C)=CC(=O)NC[C@@H]1CCN(Cc2[nH]c3ccc(C)cc3c2C)C1. The number of hydrogen-bond acceptors (Lipinski definition) is 2. The van der Waals surface area contributed by atoms with Crippen molar-refractivity contribution in [3.63, 3.8) is 0 Å². The lowest BCUT2D eigenvalue weighted by atomic mass is 10.1. The molecule has 0 saturated carbocycles. The lowest BCUT2D eigenvalue weighted by Gasteiger charge is -2.16. The van der Waals surface area contributed by atoms with Gasteiger partial charge in [-0.2, -0.15) is 0 Å². The minimum atomic E-state index is 0.0280. The number of H-pyrrole nitrogens is 1. The van der Waals surface area contributed by atoms with Crippen LogP contribution >= 0.6 is 0 Å². The van der Waals surface area contributed by atoms with Crippen LogP contribution in [-0.4, -0.2) is 35.4 Å². The molecule has 3 rings (SSSR count). The Morgan fingerprint density at radius 2 is 2.16 bits per heavy atom. The quantitative estimate of drug-likeness (QED) is 0.816. The van der Waals surface area contributed by atoms with Gasteiger partial charge in [-0.15, -0.1) is 0 Å². The molecule has 2 heterocycles. The van der Waals surface area contributed by atoms with Gasteiger partial charge in [-0.1, -0.05) is 17.2 Å². The maximum Gasteiger partial charge on any atom is 0.243 e. The Hall–Kier alpha value is -2.07. The van der Waals surface area contributed by atoms with Gasteiger partial charge in [0.2, 0.25) is 5.91 Å². The van der Waals surface area contributed by atoms with E-state index in [1.165, 1.54) is 27.7 Å². The van der Waals surface area contributed by atoms with Gasteiger partial charge >= 0.3 is 0 Å². The van der Waals surface area contributed by atoms with Crippen molar-refractivity contribution in [1.29, 1.82) is 0 Å². The van der Waals surface area contributed by atoms with Gasteiger partial charge < -0.3 is 10.3 Å². The number of benzene rings is 1. The van der Waals surface area contributed by atoms with E-state index in [0.29, 0.717) is 5.92 Å². The smallest absolute Gasteiger partial charge is 0.243 e. The van der Waals surface area contributed by atoms with Crippen LogP contribution in [0.2, 0.25) is 0 Å². The molecule has 1 aliphatic heterocycles.